The van der Waals surface area contributed by atoms with Gasteiger partial charge in [-0.1, -0.05) is 25.7 Å². The third kappa shape index (κ3) is 1.68. The summed E-state index contributed by atoms with van der Waals surface area (Å²) < 4.78 is 0. The molecule has 12 heavy (non-hydrogen) atoms. The van der Waals surface area contributed by atoms with Crippen LogP contribution in [0.15, 0.2) is 0 Å². The maximum Gasteiger partial charge on any atom is 0.183 e. The van der Waals surface area contributed by atoms with E-state index in [0.717, 1.165) is 0 Å². The zero-order valence-corrected chi connectivity index (χ0v) is 7.84. The van der Waals surface area contributed by atoms with Crippen molar-refractivity contribution in [2.24, 2.45) is 0 Å². The van der Waals surface area contributed by atoms with Gasteiger partial charge in [0.2, 0.25) is 0 Å². The van der Waals surface area contributed by atoms with Gasteiger partial charge in [0.05, 0.1) is 0 Å². The van der Waals surface area contributed by atoms with Gasteiger partial charge >= 0.3 is 0 Å². The highest BCUT2D eigenvalue weighted by molar-refractivity contribution is 6.04. The van der Waals surface area contributed by atoms with E-state index in [0.29, 0.717) is 12.1 Å². The number of rotatable bonds is 2. The molecule has 0 heterocycles. The fourth-order valence-corrected chi connectivity index (χ4v) is 2.70. The molecule has 2 radical (unpaired) electrons. The Morgan fingerprint density at radius 3 is 1.42 bits per heavy atom. The standard InChI is InChI=1S/C10H18BN/c11-12(9-5-1-2-6-9)10-7-3-4-8-10/h9-10H,1-8H2. The Labute approximate surface area is 76.9 Å². The first-order valence-corrected chi connectivity index (χ1v) is 5.41. The van der Waals surface area contributed by atoms with Gasteiger partial charge in [-0.15, -0.1) is 0 Å². The molecule has 0 aliphatic heterocycles. The topological polar surface area (TPSA) is 3.24 Å². The van der Waals surface area contributed by atoms with Crippen molar-refractivity contribution in [1.29, 1.82) is 0 Å². The fourth-order valence-electron chi connectivity index (χ4n) is 2.70. The number of hydrogen-bond acceptors (Lipinski definition) is 1. The minimum absolute atomic E-state index is 0.716. The summed E-state index contributed by atoms with van der Waals surface area (Å²) in [5, 5.41) is 0. The van der Waals surface area contributed by atoms with E-state index in [1.165, 1.54) is 51.4 Å². The Kier molecular flexibility index (Phi) is 2.74. The molecule has 0 aromatic heterocycles. The van der Waals surface area contributed by atoms with E-state index in [1.54, 1.807) is 0 Å². The number of nitrogens with zero attached hydrogens (tertiary/aromatic N) is 1. The van der Waals surface area contributed by atoms with E-state index in [-0.39, 0.29) is 0 Å². The van der Waals surface area contributed by atoms with Crippen LogP contribution in [-0.2, 0) is 0 Å². The molecule has 0 aromatic carbocycles. The van der Waals surface area contributed by atoms with Crippen molar-refractivity contribution in [2.75, 3.05) is 0 Å². The summed E-state index contributed by atoms with van der Waals surface area (Å²) in [6.07, 6.45) is 10.9. The van der Waals surface area contributed by atoms with E-state index in [1.807, 2.05) is 0 Å². The molecule has 0 atom stereocenters. The highest BCUT2D eigenvalue weighted by atomic mass is 15.1. The Hall–Kier alpha value is 0.0249. The Morgan fingerprint density at radius 2 is 1.08 bits per heavy atom. The highest BCUT2D eigenvalue weighted by Crippen LogP contribution is 2.29. The van der Waals surface area contributed by atoms with Gasteiger partial charge in [0.25, 0.3) is 0 Å². The van der Waals surface area contributed by atoms with Crippen LogP contribution >= 0.6 is 0 Å². The Bertz CT molecular complexity index is 121. The first-order valence-electron chi connectivity index (χ1n) is 5.41. The minimum atomic E-state index is 0.716. The summed E-state index contributed by atoms with van der Waals surface area (Å²) in [5.74, 6) is 0. The average molecular weight is 163 g/mol. The van der Waals surface area contributed by atoms with Crippen molar-refractivity contribution in [1.82, 2.24) is 4.81 Å². The summed E-state index contributed by atoms with van der Waals surface area (Å²) in [7, 11) is 6.12. The van der Waals surface area contributed by atoms with Crippen molar-refractivity contribution in [2.45, 2.75) is 63.5 Å². The average Bonchev–Trinajstić information content (AvgIpc) is 2.77. The molecular formula is C10H18BN. The third-order valence-electron chi connectivity index (χ3n) is 3.49. The molecule has 0 amide bonds. The van der Waals surface area contributed by atoms with Crippen LogP contribution in [0.1, 0.15) is 51.4 Å². The molecule has 0 spiro atoms. The maximum atomic E-state index is 6.12. The van der Waals surface area contributed by atoms with Gasteiger partial charge in [-0.2, -0.15) is 0 Å². The van der Waals surface area contributed by atoms with E-state index < -0.39 is 0 Å². The van der Waals surface area contributed by atoms with E-state index in [2.05, 4.69) is 4.81 Å². The van der Waals surface area contributed by atoms with Crippen LogP contribution in [0, 0.1) is 0 Å². The van der Waals surface area contributed by atoms with Gasteiger partial charge in [-0.3, -0.25) is 0 Å². The maximum absolute atomic E-state index is 6.12. The SMILES string of the molecule is [B]N(C1CCCC1)C1CCCC1. The fraction of sp³-hybridized carbons (Fsp3) is 1.00. The van der Waals surface area contributed by atoms with Crippen LogP contribution in [0.5, 0.6) is 0 Å². The normalized spacial score (nSPS) is 27.4. The molecule has 1 nitrogen and oxygen atoms in total. The predicted octanol–water partition coefficient (Wildman–Crippen LogP) is 2.26. The van der Waals surface area contributed by atoms with E-state index >= 15 is 0 Å². The van der Waals surface area contributed by atoms with Gasteiger partial charge < -0.3 is 4.81 Å². The molecular weight excluding hydrogens is 145 g/mol. The molecule has 2 fully saturated rings. The Morgan fingerprint density at radius 1 is 0.750 bits per heavy atom. The van der Waals surface area contributed by atoms with Crippen molar-refractivity contribution in [3.8, 4) is 0 Å². The predicted molar refractivity (Wildman–Crippen MR) is 52.1 cm³/mol. The van der Waals surface area contributed by atoms with Crippen molar-refractivity contribution < 1.29 is 0 Å². The molecule has 2 saturated carbocycles. The van der Waals surface area contributed by atoms with Crippen molar-refractivity contribution >= 4 is 7.98 Å². The molecule has 66 valence electrons. The van der Waals surface area contributed by atoms with Crippen LogP contribution in [0.3, 0.4) is 0 Å². The lowest BCUT2D eigenvalue weighted by molar-refractivity contribution is 0.263. The van der Waals surface area contributed by atoms with Gasteiger partial charge in [0.15, 0.2) is 7.98 Å². The smallest absolute Gasteiger partial charge is 0.183 e. The molecule has 2 aliphatic carbocycles. The monoisotopic (exact) mass is 163 g/mol. The molecule has 2 aliphatic rings. The lowest BCUT2D eigenvalue weighted by Gasteiger charge is -2.31. The van der Waals surface area contributed by atoms with Gasteiger partial charge in [0, 0.05) is 0 Å². The largest absolute Gasteiger partial charge is 0.348 e. The summed E-state index contributed by atoms with van der Waals surface area (Å²) in [6, 6.07) is 1.43. The van der Waals surface area contributed by atoms with Crippen molar-refractivity contribution in [3.05, 3.63) is 0 Å². The van der Waals surface area contributed by atoms with Crippen LogP contribution < -0.4 is 0 Å². The minimum Gasteiger partial charge on any atom is -0.348 e. The molecule has 0 unspecified atom stereocenters. The molecule has 0 aromatic rings. The first kappa shape index (κ1) is 8.62. The Balaban J connectivity index is 1.84. The zero-order chi connectivity index (χ0) is 8.39. The van der Waals surface area contributed by atoms with E-state index in [4.69, 9.17) is 7.98 Å². The summed E-state index contributed by atoms with van der Waals surface area (Å²) in [4.78, 5) is 2.18. The number of hydrogen-bond donors (Lipinski definition) is 0. The highest BCUT2D eigenvalue weighted by Gasteiger charge is 2.26. The van der Waals surface area contributed by atoms with Gasteiger partial charge in [-0.05, 0) is 37.8 Å². The summed E-state index contributed by atoms with van der Waals surface area (Å²) in [6.45, 7) is 0. The second-order valence-corrected chi connectivity index (χ2v) is 4.32. The molecule has 0 saturated heterocycles. The second kappa shape index (κ2) is 3.82. The molecule has 0 N–H and O–H groups in total. The van der Waals surface area contributed by atoms with E-state index in [9.17, 15) is 0 Å². The first-order chi connectivity index (χ1) is 5.88. The van der Waals surface area contributed by atoms with Crippen LogP contribution in [0.2, 0.25) is 0 Å². The van der Waals surface area contributed by atoms with Crippen LogP contribution in [-0.4, -0.2) is 24.9 Å². The quantitative estimate of drug-likeness (QED) is 0.564. The lowest BCUT2D eigenvalue weighted by atomic mass is 10.0. The summed E-state index contributed by atoms with van der Waals surface area (Å²) in [5.41, 5.74) is 0. The van der Waals surface area contributed by atoms with Crippen molar-refractivity contribution in [3.63, 3.8) is 0 Å². The second-order valence-electron chi connectivity index (χ2n) is 4.32. The third-order valence-corrected chi connectivity index (χ3v) is 3.49. The lowest BCUT2D eigenvalue weighted by Crippen LogP contribution is -2.38. The summed E-state index contributed by atoms with van der Waals surface area (Å²) >= 11 is 0. The van der Waals surface area contributed by atoms with Gasteiger partial charge in [0.1, 0.15) is 0 Å². The van der Waals surface area contributed by atoms with Crippen LogP contribution in [0.25, 0.3) is 0 Å². The molecule has 0 bridgehead atoms. The van der Waals surface area contributed by atoms with Crippen LogP contribution in [0.4, 0.5) is 0 Å². The zero-order valence-electron chi connectivity index (χ0n) is 7.84. The molecule has 2 rings (SSSR count). The molecule has 2 heteroatoms. The van der Waals surface area contributed by atoms with Gasteiger partial charge in [-0.25, -0.2) is 0 Å².